The third kappa shape index (κ3) is 2.65. The van der Waals surface area contributed by atoms with Crippen LogP contribution in [0, 0.1) is 0 Å². The van der Waals surface area contributed by atoms with Gasteiger partial charge in [0.05, 0.1) is 24.6 Å². The third-order valence-corrected chi connectivity index (χ3v) is 4.63. The van der Waals surface area contributed by atoms with Gasteiger partial charge in [-0.25, -0.2) is 14.5 Å². The van der Waals surface area contributed by atoms with Gasteiger partial charge in [-0.1, -0.05) is 23.7 Å². The Morgan fingerprint density at radius 1 is 1.33 bits per heavy atom. The van der Waals surface area contributed by atoms with E-state index in [9.17, 15) is 4.79 Å². The van der Waals surface area contributed by atoms with Crippen molar-refractivity contribution in [3.05, 3.63) is 68.9 Å². The molecule has 0 fully saturated rings. The summed E-state index contributed by atoms with van der Waals surface area (Å²) in [5.74, 6) is 0.653. The van der Waals surface area contributed by atoms with Crippen LogP contribution in [0.4, 0.5) is 0 Å². The summed E-state index contributed by atoms with van der Waals surface area (Å²) in [6, 6.07) is 7.82. The molecule has 8 heteroatoms. The number of fused-ring (bicyclic) bond motifs is 1. The van der Waals surface area contributed by atoms with Crippen LogP contribution >= 0.6 is 11.6 Å². The summed E-state index contributed by atoms with van der Waals surface area (Å²) in [4.78, 5) is 24.4. The molecule has 1 unspecified atom stereocenters. The van der Waals surface area contributed by atoms with Crippen molar-refractivity contribution in [2.45, 2.75) is 19.0 Å². The van der Waals surface area contributed by atoms with Gasteiger partial charge < -0.3 is 4.98 Å². The van der Waals surface area contributed by atoms with Crippen LogP contribution in [0.3, 0.4) is 0 Å². The maximum atomic E-state index is 11.6. The molecule has 3 aromatic rings. The lowest BCUT2D eigenvalue weighted by molar-refractivity contribution is 0.195. The highest BCUT2D eigenvalue weighted by Crippen LogP contribution is 2.34. The molecule has 1 aromatic carbocycles. The van der Waals surface area contributed by atoms with E-state index in [1.54, 1.807) is 13.4 Å². The molecule has 0 saturated carbocycles. The quantitative estimate of drug-likeness (QED) is 0.756. The van der Waals surface area contributed by atoms with Crippen LogP contribution in [0.25, 0.3) is 0 Å². The summed E-state index contributed by atoms with van der Waals surface area (Å²) < 4.78 is 1.32. The van der Waals surface area contributed by atoms with E-state index in [0.717, 1.165) is 29.9 Å². The van der Waals surface area contributed by atoms with Crippen LogP contribution in [0.15, 0.2) is 35.4 Å². The topological polar surface area (TPSA) is 82.6 Å². The second-order valence-corrected chi connectivity index (χ2v) is 6.38. The zero-order valence-electron chi connectivity index (χ0n) is 13.2. The van der Waals surface area contributed by atoms with E-state index < -0.39 is 0 Å². The normalized spacial score (nSPS) is 17.8. The molecule has 0 saturated heterocycles. The monoisotopic (exact) mass is 344 g/mol. The van der Waals surface area contributed by atoms with Gasteiger partial charge in [0.25, 0.3) is 0 Å². The number of rotatable bonds is 3. The van der Waals surface area contributed by atoms with Gasteiger partial charge in [-0.05, 0) is 17.7 Å². The Morgan fingerprint density at radius 2 is 2.12 bits per heavy atom. The van der Waals surface area contributed by atoms with Gasteiger partial charge in [0.2, 0.25) is 0 Å². The van der Waals surface area contributed by atoms with Gasteiger partial charge >= 0.3 is 5.69 Å². The minimum absolute atomic E-state index is 0.00257. The van der Waals surface area contributed by atoms with Crippen molar-refractivity contribution in [1.29, 1.82) is 0 Å². The van der Waals surface area contributed by atoms with Gasteiger partial charge in [-0.15, -0.1) is 0 Å². The smallest absolute Gasteiger partial charge is 0.343 e. The van der Waals surface area contributed by atoms with Crippen LogP contribution in [-0.2, 0) is 20.0 Å². The molecule has 2 N–H and O–H groups in total. The lowest BCUT2D eigenvalue weighted by atomic mass is 9.95. The summed E-state index contributed by atoms with van der Waals surface area (Å²) in [6.07, 6.45) is 2.62. The molecule has 0 spiro atoms. The predicted octanol–water partition coefficient (Wildman–Crippen LogP) is 1.63. The molecule has 124 valence electrons. The van der Waals surface area contributed by atoms with Gasteiger partial charge in [0, 0.05) is 30.7 Å². The van der Waals surface area contributed by atoms with Gasteiger partial charge in [-0.2, -0.15) is 5.10 Å². The highest BCUT2D eigenvalue weighted by atomic mass is 35.5. The van der Waals surface area contributed by atoms with Gasteiger partial charge in [0.15, 0.2) is 0 Å². The fourth-order valence-corrected chi connectivity index (χ4v) is 3.35. The van der Waals surface area contributed by atoms with Gasteiger partial charge in [0.1, 0.15) is 5.82 Å². The molecule has 1 aliphatic rings. The van der Waals surface area contributed by atoms with Crippen LogP contribution < -0.4 is 5.69 Å². The Labute approximate surface area is 143 Å². The summed E-state index contributed by atoms with van der Waals surface area (Å²) in [7, 11) is 1.64. The van der Waals surface area contributed by atoms with Crippen molar-refractivity contribution >= 4 is 11.6 Å². The Bertz CT molecular complexity index is 909. The molecule has 0 aliphatic carbocycles. The number of nitrogens with zero attached hydrogens (tertiary/aromatic N) is 4. The minimum Gasteiger partial charge on any atom is -0.348 e. The largest absolute Gasteiger partial charge is 0.348 e. The second kappa shape index (κ2) is 5.92. The molecule has 0 amide bonds. The van der Waals surface area contributed by atoms with Crippen molar-refractivity contribution in [3.8, 4) is 0 Å². The Kier molecular flexibility index (Phi) is 3.74. The van der Waals surface area contributed by atoms with Crippen LogP contribution in [-0.4, -0.2) is 36.2 Å². The maximum absolute atomic E-state index is 11.6. The Hall–Kier alpha value is -2.38. The Morgan fingerprint density at radius 3 is 2.83 bits per heavy atom. The lowest BCUT2D eigenvalue weighted by Crippen LogP contribution is -2.36. The Balaban J connectivity index is 1.72. The number of nitrogens with one attached hydrogen (secondary N) is 2. The fourth-order valence-electron chi connectivity index (χ4n) is 3.23. The number of benzene rings is 1. The zero-order chi connectivity index (χ0) is 16.7. The first-order chi connectivity index (χ1) is 11.6. The van der Waals surface area contributed by atoms with Crippen molar-refractivity contribution < 1.29 is 0 Å². The number of hydrogen-bond donors (Lipinski definition) is 2. The number of aromatic amines is 2. The first-order valence-corrected chi connectivity index (χ1v) is 8.13. The molecule has 1 atom stereocenters. The molecular formula is C16H17ClN6O. The predicted molar refractivity (Wildman–Crippen MR) is 89.8 cm³/mol. The summed E-state index contributed by atoms with van der Waals surface area (Å²) in [5.41, 5.74) is 3.08. The van der Waals surface area contributed by atoms with Gasteiger partial charge in [-0.3, -0.25) is 9.88 Å². The van der Waals surface area contributed by atoms with Crippen LogP contribution in [0.2, 0.25) is 5.02 Å². The molecule has 1 aliphatic heterocycles. The molecule has 0 radical (unpaired) electrons. The number of hydrogen-bond acceptors (Lipinski definition) is 4. The maximum Gasteiger partial charge on any atom is 0.343 e. The van der Waals surface area contributed by atoms with Crippen LogP contribution in [0.5, 0.6) is 0 Å². The average molecular weight is 345 g/mol. The highest BCUT2D eigenvalue weighted by molar-refractivity contribution is 6.30. The fraction of sp³-hybridized carbons (Fsp3) is 0.312. The first-order valence-electron chi connectivity index (χ1n) is 7.75. The molecule has 7 nitrogen and oxygen atoms in total. The molecular weight excluding hydrogens is 328 g/mol. The summed E-state index contributed by atoms with van der Waals surface area (Å²) in [5, 5.41) is 4.95. The molecule has 2 aromatic heterocycles. The van der Waals surface area contributed by atoms with E-state index in [2.05, 4.69) is 25.0 Å². The molecule has 4 rings (SSSR count). The van der Waals surface area contributed by atoms with E-state index in [4.69, 9.17) is 11.6 Å². The van der Waals surface area contributed by atoms with Crippen molar-refractivity contribution in [1.82, 2.24) is 29.6 Å². The van der Waals surface area contributed by atoms with Crippen molar-refractivity contribution in [3.63, 3.8) is 0 Å². The van der Waals surface area contributed by atoms with Crippen LogP contribution in [0.1, 0.15) is 28.8 Å². The second-order valence-electron chi connectivity index (χ2n) is 5.94. The van der Waals surface area contributed by atoms with Crippen molar-refractivity contribution in [2.75, 3.05) is 6.54 Å². The highest BCUT2D eigenvalue weighted by Gasteiger charge is 2.31. The number of aryl methyl sites for hydroxylation is 1. The van der Waals surface area contributed by atoms with E-state index in [1.807, 2.05) is 24.3 Å². The van der Waals surface area contributed by atoms with E-state index >= 15 is 0 Å². The number of halogens is 1. The van der Waals surface area contributed by atoms with Crippen molar-refractivity contribution in [2.24, 2.45) is 7.05 Å². The van der Waals surface area contributed by atoms with E-state index in [1.165, 1.54) is 4.68 Å². The lowest BCUT2D eigenvalue weighted by Gasteiger charge is -2.34. The SMILES string of the molecule is Cn1nc(CN2CCc3[nH]cnc3C2c2ccc(Cl)cc2)[nH]c1=O. The van der Waals surface area contributed by atoms with E-state index in [-0.39, 0.29) is 11.7 Å². The molecule has 3 heterocycles. The third-order valence-electron chi connectivity index (χ3n) is 4.38. The zero-order valence-corrected chi connectivity index (χ0v) is 13.9. The summed E-state index contributed by atoms with van der Waals surface area (Å²) in [6.45, 7) is 1.40. The molecule has 24 heavy (non-hydrogen) atoms. The summed E-state index contributed by atoms with van der Waals surface area (Å²) >= 11 is 6.03. The minimum atomic E-state index is -0.203. The number of imidazole rings is 1. The number of aromatic nitrogens is 5. The standard InChI is InChI=1S/C16H17ClN6O/c1-22-16(24)20-13(21-22)8-23-7-6-12-14(19-9-18-12)15(23)10-2-4-11(17)5-3-10/h2-5,9,15H,6-8H2,1H3,(H,18,19)(H,20,21,24). The number of H-pyrrole nitrogens is 2. The molecule has 0 bridgehead atoms. The van der Waals surface area contributed by atoms with E-state index in [0.29, 0.717) is 17.4 Å². The average Bonchev–Trinajstić information content (AvgIpc) is 3.15. The first kappa shape index (κ1) is 15.2.